The van der Waals surface area contributed by atoms with E-state index in [4.69, 9.17) is 0 Å². The van der Waals surface area contributed by atoms with Gasteiger partial charge in [0, 0.05) is 17.9 Å². The molecule has 4 rings (SSSR count). The summed E-state index contributed by atoms with van der Waals surface area (Å²) in [5, 5.41) is 9.76. The van der Waals surface area contributed by atoms with Crippen LogP contribution in [-0.2, 0) is 4.79 Å². The van der Waals surface area contributed by atoms with Crippen LogP contribution >= 0.6 is 0 Å². The van der Waals surface area contributed by atoms with Gasteiger partial charge in [0.25, 0.3) is 0 Å². The molecule has 0 aliphatic heterocycles. The van der Waals surface area contributed by atoms with Gasteiger partial charge in [-0.3, -0.25) is 4.79 Å². The Balaban J connectivity index is 1.90. The van der Waals surface area contributed by atoms with Crippen molar-refractivity contribution in [2.45, 2.75) is 12.8 Å². The number of rotatable bonds is 0. The molecular weight excluding hydrogens is 176 g/mol. The third kappa shape index (κ3) is 0.537. The van der Waals surface area contributed by atoms with Crippen LogP contribution in [0.4, 0.5) is 0 Å². The molecule has 2 nitrogen and oxygen atoms in total. The van der Waals surface area contributed by atoms with Gasteiger partial charge in [0.05, 0.1) is 0 Å². The van der Waals surface area contributed by atoms with E-state index in [1.165, 1.54) is 18.9 Å². The van der Waals surface area contributed by atoms with E-state index in [0.717, 1.165) is 0 Å². The molecule has 14 heavy (non-hydrogen) atoms. The summed E-state index contributed by atoms with van der Waals surface area (Å²) in [5.74, 6) is 1.64. The van der Waals surface area contributed by atoms with E-state index < -0.39 is 0 Å². The highest BCUT2D eigenvalue weighted by Gasteiger charge is 2.70. The van der Waals surface area contributed by atoms with E-state index in [9.17, 15) is 9.90 Å². The summed E-state index contributed by atoms with van der Waals surface area (Å²) in [7, 11) is 0. The van der Waals surface area contributed by atoms with Gasteiger partial charge in [-0.2, -0.15) is 0 Å². The van der Waals surface area contributed by atoms with E-state index in [1.807, 2.05) is 0 Å². The monoisotopic (exact) mass is 188 g/mol. The van der Waals surface area contributed by atoms with Crippen LogP contribution in [0.15, 0.2) is 24.0 Å². The lowest BCUT2D eigenvalue weighted by atomic mass is 9.84. The summed E-state index contributed by atoms with van der Waals surface area (Å²) < 4.78 is 0. The Morgan fingerprint density at radius 2 is 1.86 bits per heavy atom. The van der Waals surface area contributed by atoms with Gasteiger partial charge >= 0.3 is 0 Å². The minimum absolute atomic E-state index is 0.0903. The van der Waals surface area contributed by atoms with Crippen LogP contribution in [0.3, 0.4) is 0 Å². The van der Waals surface area contributed by atoms with Crippen molar-refractivity contribution < 1.29 is 9.90 Å². The zero-order valence-electron chi connectivity index (χ0n) is 7.81. The van der Waals surface area contributed by atoms with Crippen molar-refractivity contribution in [2.75, 3.05) is 0 Å². The molecule has 0 saturated heterocycles. The molecule has 2 bridgehead atoms. The normalized spacial score (nSPS) is 50.0. The molecule has 2 fully saturated rings. The van der Waals surface area contributed by atoms with E-state index in [1.54, 1.807) is 0 Å². The van der Waals surface area contributed by atoms with Gasteiger partial charge in [-0.25, -0.2) is 0 Å². The second kappa shape index (κ2) is 1.83. The van der Waals surface area contributed by atoms with Crippen LogP contribution in [0.1, 0.15) is 12.8 Å². The Kier molecular flexibility index (Phi) is 0.952. The topological polar surface area (TPSA) is 37.3 Å². The first kappa shape index (κ1) is 7.27. The predicted molar refractivity (Wildman–Crippen MR) is 50.5 cm³/mol. The number of allylic oxidation sites excluding steroid dienone is 4. The standard InChI is InChI=1S/C12H12O2/c13-8-5-9(14)11-7-2-1-6(10(8)11)12(7)3-4-12/h1-2,5-7,10-11,13H,3-4H2/t6-,7-,10+,11-/m1/s1. The average Bonchev–Trinajstić information content (AvgIpc) is 2.72. The third-order valence-electron chi connectivity index (χ3n) is 4.80. The fraction of sp³-hybridized carbons (Fsp3) is 0.583. The molecule has 4 aliphatic carbocycles. The fourth-order valence-corrected chi connectivity index (χ4v) is 4.12. The second-order valence-electron chi connectivity index (χ2n) is 5.19. The first-order valence-electron chi connectivity index (χ1n) is 5.37. The SMILES string of the molecule is O=C1C=C(O)[C@H]2[C@@H]1[C@H]1C=C[C@H]2C12CC2. The smallest absolute Gasteiger partial charge is 0.163 e. The predicted octanol–water partition coefficient (Wildman–Crippen LogP) is 1.84. The lowest BCUT2D eigenvalue weighted by Crippen LogP contribution is -2.21. The van der Waals surface area contributed by atoms with Crippen molar-refractivity contribution in [2.24, 2.45) is 29.1 Å². The molecule has 0 amide bonds. The Morgan fingerprint density at radius 3 is 2.43 bits per heavy atom. The number of hydrogen-bond acceptors (Lipinski definition) is 2. The number of hydrogen-bond donors (Lipinski definition) is 1. The minimum atomic E-state index is 0.0903. The summed E-state index contributed by atoms with van der Waals surface area (Å²) in [6, 6.07) is 0. The van der Waals surface area contributed by atoms with Gasteiger partial charge in [-0.05, 0) is 30.1 Å². The molecule has 0 radical (unpaired) electrons. The van der Waals surface area contributed by atoms with Gasteiger partial charge in [0.2, 0.25) is 0 Å². The molecule has 0 heterocycles. The molecule has 2 saturated carbocycles. The quantitative estimate of drug-likeness (QED) is 0.589. The van der Waals surface area contributed by atoms with Crippen LogP contribution < -0.4 is 0 Å². The third-order valence-corrected chi connectivity index (χ3v) is 4.80. The highest BCUT2D eigenvalue weighted by Crippen LogP contribution is 2.73. The molecule has 0 aromatic carbocycles. The molecule has 4 atom stereocenters. The maximum Gasteiger partial charge on any atom is 0.163 e. The number of ketones is 1. The van der Waals surface area contributed by atoms with Gasteiger partial charge in [0.15, 0.2) is 5.78 Å². The highest BCUT2D eigenvalue weighted by molar-refractivity contribution is 5.96. The van der Waals surface area contributed by atoms with E-state index in [0.29, 0.717) is 23.0 Å². The summed E-state index contributed by atoms with van der Waals surface area (Å²) >= 11 is 0. The van der Waals surface area contributed by atoms with E-state index >= 15 is 0 Å². The molecule has 2 heteroatoms. The second-order valence-corrected chi connectivity index (χ2v) is 5.19. The number of carbonyl (C=O) groups is 1. The largest absolute Gasteiger partial charge is 0.512 e. The highest BCUT2D eigenvalue weighted by atomic mass is 16.3. The van der Waals surface area contributed by atoms with Crippen molar-refractivity contribution >= 4 is 5.78 Å². The van der Waals surface area contributed by atoms with Crippen molar-refractivity contribution in [1.82, 2.24) is 0 Å². The average molecular weight is 188 g/mol. The Hall–Kier alpha value is -1.05. The Labute approximate surface area is 82.3 Å². The first-order valence-corrected chi connectivity index (χ1v) is 5.37. The van der Waals surface area contributed by atoms with Crippen LogP contribution in [0.25, 0.3) is 0 Å². The van der Waals surface area contributed by atoms with Crippen LogP contribution in [0, 0.1) is 29.1 Å². The Morgan fingerprint density at radius 1 is 1.21 bits per heavy atom. The first-order chi connectivity index (χ1) is 6.74. The molecule has 0 aromatic rings. The lowest BCUT2D eigenvalue weighted by Gasteiger charge is -2.19. The van der Waals surface area contributed by atoms with E-state index in [-0.39, 0.29) is 17.6 Å². The van der Waals surface area contributed by atoms with Crippen LogP contribution in [-0.4, -0.2) is 10.9 Å². The molecule has 4 aliphatic rings. The van der Waals surface area contributed by atoms with Crippen molar-refractivity contribution in [3.8, 4) is 0 Å². The molecular formula is C12H12O2. The van der Waals surface area contributed by atoms with E-state index in [2.05, 4.69) is 12.2 Å². The van der Waals surface area contributed by atoms with Gasteiger partial charge in [-0.15, -0.1) is 0 Å². The van der Waals surface area contributed by atoms with Crippen LogP contribution in [0.5, 0.6) is 0 Å². The Bertz CT molecular complexity index is 401. The van der Waals surface area contributed by atoms with Crippen molar-refractivity contribution in [1.29, 1.82) is 0 Å². The molecule has 0 aromatic heterocycles. The summed E-state index contributed by atoms with van der Waals surface area (Å²) in [4.78, 5) is 11.7. The zero-order valence-corrected chi connectivity index (χ0v) is 7.81. The zero-order chi connectivity index (χ0) is 9.50. The molecule has 1 spiro atoms. The number of aliphatic hydroxyl groups excluding tert-OH is 1. The summed E-state index contributed by atoms with van der Waals surface area (Å²) in [5.41, 5.74) is 0.396. The number of aliphatic hydroxyl groups is 1. The van der Waals surface area contributed by atoms with Gasteiger partial charge in [-0.1, -0.05) is 12.2 Å². The molecule has 1 N–H and O–H groups in total. The maximum absolute atomic E-state index is 11.7. The molecule has 72 valence electrons. The summed E-state index contributed by atoms with van der Waals surface area (Å²) in [6.45, 7) is 0. The van der Waals surface area contributed by atoms with Crippen molar-refractivity contribution in [3.63, 3.8) is 0 Å². The van der Waals surface area contributed by atoms with Crippen molar-refractivity contribution in [3.05, 3.63) is 24.0 Å². The number of carbonyl (C=O) groups excluding carboxylic acids is 1. The minimum Gasteiger partial charge on any atom is -0.512 e. The van der Waals surface area contributed by atoms with Crippen LogP contribution in [0.2, 0.25) is 0 Å². The molecule has 0 unspecified atom stereocenters. The maximum atomic E-state index is 11.7. The lowest BCUT2D eigenvalue weighted by molar-refractivity contribution is -0.119. The summed E-state index contributed by atoms with van der Waals surface area (Å²) in [6.07, 6.45) is 8.42. The fourth-order valence-electron chi connectivity index (χ4n) is 4.12. The van der Waals surface area contributed by atoms with Gasteiger partial charge in [0.1, 0.15) is 5.76 Å². The number of fused-ring (bicyclic) bond motifs is 3. The van der Waals surface area contributed by atoms with Gasteiger partial charge < -0.3 is 5.11 Å².